The largest absolute Gasteiger partial charge is 0.462 e. The highest BCUT2D eigenvalue weighted by Gasteiger charge is 2.26. The monoisotopic (exact) mass is 483 g/mol. The van der Waals surface area contributed by atoms with E-state index < -0.39 is 0 Å². The van der Waals surface area contributed by atoms with Crippen LogP contribution in [0.15, 0.2) is 40.0 Å². The van der Waals surface area contributed by atoms with Crippen molar-refractivity contribution >= 4 is 52.1 Å². The summed E-state index contributed by atoms with van der Waals surface area (Å²) < 4.78 is 10.9. The van der Waals surface area contributed by atoms with E-state index in [1.54, 1.807) is 13.0 Å². The third kappa shape index (κ3) is 6.11. The van der Waals surface area contributed by atoms with Crippen LogP contribution in [0.1, 0.15) is 58.4 Å². The highest BCUT2D eigenvalue weighted by molar-refractivity contribution is 7.99. The molecule has 0 saturated carbocycles. The molecule has 0 bridgehead atoms. The topological polar surface area (TPSA) is 94.3 Å². The zero-order valence-corrected chi connectivity index (χ0v) is 20.0. The van der Waals surface area contributed by atoms with Gasteiger partial charge in [-0.2, -0.15) is 0 Å². The number of carbonyl (C=O) groups is 2. The van der Waals surface area contributed by atoms with Gasteiger partial charge in [-0.25, -0.2) is 4.79 Å². The number of hydrogen-bond acceptors (Lipinski definition) is 8. The van der Waals surface area contributed by atoms with Crippen LogP contribution in [0.5, 0.6) is 0 Å². The smallest absolute Gasteiger partial charge is 0.341 e. The number of thiophene rings is 1. The van der Waals surface area contributed by atoms with Gasteiger partial charge in [0.2, 0.25) is 11.8 Å². The van der Waals surface area contributed by atoms with Crippen LogP contribution in [0, 0.1) is 0 Å². The van der Waals surface area contributed by atoms with Gasteiger partial charge < -0.3 is 14.5 Å². The van der Waals surface area contributed by atoms with Gasteiger partial charge in [0, 0.05) is 11.0 Å². The number of rotatable bonds is 8. The van der Waals surface area contributed by atoms with E-state index in [-0.39, 0.29) is 17.6 Å². The first-order valence-corrected chi connectivity index (χ1v) is 12.7. The maximum atomic E-state index is 12.6. The molecule has 33 heavy (non-hydrogen) atoms. The molecule has 0 fully saturated rings. The number of aromatic nitrogens is 2. The number of benzene rings is 1. The summed E-state index contributed by atoms with van der Waals surface area (Å²) in [5, 5.41) is 11.8. The molecule has 1 N–H and O–H groups in total. The fourth-order valence-electron chi connectivity index (χ4n) is 3.62. The number of nitrogens with zero attached hydrogens (tertiary/aromatic N) is 2. The van der Waals surface area contributed by atoms with Crippen molar-refractivity contribution in [1.29, 1.82) is 0 Å². The molecule has 2 aromatic heterocycles. The number of thioether (sulfide) groups is 1. The summed E-state index contributed by atoms with van der Waals surface area (Å²) in [6.07, 6.45) is 8.66. The number of hydrogen-bond donors (Lipinski definition) is 1. The summed E-state index contributed by atoms with van der Waals surface area (Å²) >= 11 is 2.64. The highest BCUT2D eigenvalue weighted by Crippen LogP contribution is 2.38. The molecule has 0 spiro atoms. The molecule has 1 amide bonds. The molecule has 172 valence electrons. The minimum atomic E-state index is -0.369. The number of ether oxygens (including phenoxy) is 1. The Kier molecular flexibility index (Phi) is 7.96. The molecule has 7 nitrogen and oxygen atoms in total. The average molecular weight is 484 g/mol. The van der Waals surface area contributed by atoms with Crippen LogP contribution in [-0.4, -0.2) is 34.4 Å². The number of carbonyl (C=O) groups excluding carboxylic acids is 2. The van der Waals surface area contributed by atoms with E-state index in [0.717, 1.165) is 55.0 Å². The number of aryl methyl sites for hydroxylation is 1. The van der Waals surface area contributed by atoms with Gasteiger partial charge >= 0.3 is 5.97 Å². The maximum Gasteiger partial charge on any atom is 0.341 e. The van der Waals surface area contributed by atoms with Gasteiger partial charge in [-0.3, -0.25) is 4.79 Å². The molecule has 0 radical (unpaired) electrons. The molecule has 1 aliphatic carbocycles. The Morgan fingerprint density at radius 3 is 2.79 bits per heavy atom. The Bertz CT molecular complexity index is 1140. The quantitative estimate of drug-likeness (QED) is 0.258. The van der Waals surface area contributed by atoms with Crippen molar-refractivity contribution in [2.75, 3.05) is 17.7 Å². The number of amides is 1. The van der Waals surface area contributed by atoms with Gasteiger partial charge in [0.05, 0.1) is 17.9 Å². The lowest BCUT2D eigenvalue weighted by atomic mass is 10.1. The minimum absolute atomic E-state index is 0.0921. The van der Waals surface area contributed by atoms with Gasteiger partial charge in [0.25, 0.3) is 5.22 Å². The Morgan fingerprint density at radius 2 is 1.97 bits per heavy atom. The van der Waals surface area contributed by atoms with E-state index in [1.165, 1.54) is 16.2 Å². The highest BCUT2D eigenvalue weighted by atomic mass is 32.2. The maximum absolute atomic E-state index is 12.6. The van der Waals surface area contributed by atoms with Crippen molar-refractivity contribution in [3.63, 3.8) is 0 Å². The van der Waals surface area contributed by atoms with Crippen LogP contribution in [0.25, 0.3) is 12.2 Å². The molecular weight excluding hydrogens is 458 g/mol. The van der Waals surface area contributed by atoms with Crippen molar-refractivity contribution in [3.05, 3.63) is 57.8 Å². The van der Waals surface area contributed by atoms with E-state index in [2.05, 4.69) is 15.5 Å². The molecule has 4 rings (SSSR count). The summed E-state index contributed by atoms with van der Waals surface area (Å²) in [7, 11) is 0. The first kappa shape index (κ1) is 23.3. The van der Waals surface area contributed by atoms with E-state index >= 15 is 0 Å². The SMILES string of the molecule is CCOC(=O)c1c(NC(=O)CSc2nnc(/C=C/c3ccccc3)o2)sc2c1CCCCC2. The van der Waals surface area contributed by atoms with Gasteiger partial charge in [0.15, 0.2) is 0 Å². The molecular formula is C24H25N3O4S2. The van der Waals surface area contributed by atoms with E-state index in [1.807, 2.05) is 36.4 Å². The molecule has 2 heterocycles. The van der Waals surface area contributed by atoms with Gasteiger partial charge in [-0.05, 0) is 49.8 Å². The Labute approximate surface area is 200 Å². The fourth-order valence-corrected chi connectivity index (χ4v) is 5.48. The molecule has 1 aromatic carbocycles. The predicted octanol–water partition coefficient (Wildman–Crippen LogP) is 5.48. The number of anilines is 1. The Morgan fingerprint density at radius 1 is 1.15 bits per heavy atom. The van der Waals surface area contributed by atoms with Crippen molar-refractivity contribution in [2.45, 2.75) is 44.3 Å². The number of esters is 1. The summed E-state index contributed by atoms with van der Waals surface area (Å²) in [5.74, 6) is -0.143. The summed E-state index contributed by atoms with van der Waals surface area (Å²) in [4.78, 5) is 26.4. The van der Waals surface area contributed by atoms with E-state index in [4.69, 9.17) is 9.15 Å². The molecule has 9 heteroatoms. The van der Waals surface area contributed by atoms with Crippen molar-refractivity contribution in [3.8, 4) is 0 Å². The van der Waals surface area contributed by atoms with Crippen LogP contribution < -0.4 is 5.32 Å². The van der Waals surface area contributed by atoms with Gasteiger partial charge in [-0.15, -0.1) is 21.5 Å². The standard InChI is InChI=1S/C24H25N3O4S2/c1-2-30-23(29)21-17-11-7-4-8-12-18(17)33-22(21)25-19(28)15-32-24-27-26-20(31-24)14-13-16-9-5-3-6-10-16/h3,5-6,9-10,13-14H,2,4,7-8,11-12,15H2,1H3,(H,25,28)/b14-13+. The normalized spacial score (nSPS) is 13.5. The fraction of sp³-hybridized carbons (Fsp3) is 0.333. The summed E-state index contributed by atoms with van der Waals surface area (Å²) in [6.45, 7) is 2.08. The van der Waals surface area contributed by atoms with Crippen molar-refractivity contribution < 1.29 is 18.7 Å². The average Bonchev–Trinajstić information content (AvgIpc) is 3.34. The van der Waals surface area contributed by atoms with Gasteiger partial charge in [0.1, 0.15) is 5.00 Å². The predicted molar refractivity (Wildman–Crippen MR) is 131 cm³/mol. The molecule has 3 aromatic rings. The van der Waals surface area contributed by atoms with Crippen molar-refractivity contribution in [2.24, 2.45) is 0 Å². The second-order valence-corrected chi connectivity index (χ2v) is 9.51. The third-order valence-electron chi connectivity index (χ3n) is 5.12. The molecule has 0 aliphatic heterocycles. The zero-order chi connectivity index (χ0) is 23.0. The molecule has 1 aliphatic rings. The van der Waals surface area contributed by atoms with E-state index in [9.17, 15) is 9.59 Å². The zero-order valence-electron chi connectivity index (χ0n) is 18.3. The minimum Gasteiger partial charge on any atom is -0.462 e. The third-order valence-corrected chi connectivity index (χ3v) is 7.15. The summed E-state index contributed by atoms with van der Waals surface area (Å²) in [5.41, 5.74) is 2.57. The van der Waals surface area contributed by atoms with Crippen LogP contribution in [0.4, 0.5) is 5.00 Å². The van der Waals surface area contributed by atoms with Crippen LogP contribution >= 0.6 is 23.1 Å². The number of fused-ring (bicyclic) bond motifs is 1. The molecule has 0 saturated heterocycles. The Balaban J connectivity index is 1.39. The van der Waals surface area contributed by atoms with Crippen LogP contribution in [-0.2, 0) is 22.4 Å². The first-order valence-electron chi connectivity index (χ1n) is 10.9. The second-order valence-electron chi connectivity index (χ2n) is 7.48. The van der Waals surface area contributed by atoms with Crippen LogP contribution in [0.2, 0.25) is 0 Å². The molecule has 0 unspecified atom stereocenters. The Hall–Kier alpha value is -2.91. The van der Waals surface area contributed by atoms with Crippen LogP contribution in [0.3, 0.4) is 0 Å². The lowest BCUT2D eigenvalue weighted by molar-refractivity contribution is -0.113. The lowest BCUT2D eigenvalue weighted by Gasteiger charge is -2.08. The van der Waals surface area contributed by atoms with E-state index in [0.29, 0.717) is 28.3 Å². The first-order chi connectivity index (χ1) is 16.1. The van der Waals surface area contributed by atoms with Crippen molar-refractivity contribution in [1.82, 2.24) is 10.2 Å². The molecule has 0 atom stereocenters. The van der Waals surface area contributed by atoms with Gasteiger partial charge in [-0.1, -0.05) is 48.5 Å². The number of nitrogens with one attached hydrogen (secondary N) is 1. The lowest BCUT2D eigenvalue weighted by Crippen LogP contribution is -2.16. The summed E-state index contributed by atoms with van der Waals surface area (Å²) in [6, 6.07) is 9.80. The second kappa shape index (κ2) is 11.3.